The molecule has 4 atom stereocenters. The van der Waals surface area contributed by atoms with Crippen LogP contribution in [0.15, 0.2) is 24.5 Å². The Labute approximate surface area is 113 Å². The van der Waals surface area contributed by atoms with Crippen molar-refractivity contribution in [3.8, 4) is 0 Å². The van der Waals surface area contributed by atoms with E-state index in [9.17, 15) is 10.2 Å². The molecule has 0 bridgehead atoms. The molecule has 0 aromatic rings. The molecule has 0 aromatic carbocycles. The monoisotopic (exact) mass is 270 g/mol. The minimum absolute atomic E-state index is 0.0910. The summed E-state index contributed by atoms with van der Waals surface area (Å²) in [6.45, 7) is 0.934. The van der Waals surface area contributed by atoms with Crippen LogP contribution >= 0.6 is 0 Å². The Kier molecular flexibility index (Phi) is 5.85. The highest BCUT2D eigenvalue weighted by Crippen LogP contribution is 2.14. The minimum Gasteiger partial charge on any atom is -0.498 e. The Bertz CT molecular complexity index is 285. The molecule has 0 aromatic heterocycles. The van der Waals surface area contributed by atoms with Crippen LogP contribution in [-0.2, 0) is 14.2 Å². The fraction of sp³-hybridized carbons (Fsp3) is 0.714. The molecule has 0 saturated heterocycles. The third-order valence-electron chi connectivity index (χ3n) is 3.17. The summed E-state index contributed by atoms with van der Waals surface area (Å²) >= 11 is 0. The number of rotatable bonds is 8. The highest BCUT2D eigenvalue weighted by atomic mass is 16.5. The van der Waals surface area contributed by atoms with Gasteiger partial charge in [0.1, 0.15) is 12.7 Å². The van der Waals surface area contributed by atoms with Crippen LogP contribution in [0.1, 0.15) is 19.3 Å². The lowest BCUT2D eigenvalue weighted by Crippen LogP contribution is -2.28. The van der Waals surface area contributed by atoms with Crippen LogP contribution in [0.3, 0.4) is 0 Å². The Morgan fingerprint density at radius 1 is 1.11 bits per heavy atom. The van der Waals surface area contributed by atoms with Crippen LogP contribution < -0.4 is 0 Å². The summed E-state index contributed by atoms with van der Waals surface area (Å²) in [5, 5.41) is 19.5. The predicted molar refractivity (Wildman–Crippen MR) is 69.6 cm³/mol. The topological polar surface area (TPSA) is 68.2 Å². The lowest BCUT2D eigenvalue weighted by Gasteiger charge is -2.18. The molecule has 0 amide bonds. The summed E-state index contributed by atoms with van der Waals surface area (Å²) < 4.78 is 15.9. The summed E-state index contributed by atoms with van der Waals surface area (Å²) in [6, 6.07) is 0. The van der Waals surface area contributed by atoms with E-state index in [0.717, 1.165) is 12.8 Å². The zero-order valence-corrected chi connectivity index (χ0v) is 11.0. The van der Waals surface area contributed by atoms with Gasteiger partial charge in [-0.2, -0.15) is 0 Å². The second-order valence-corrected chi connectivity index (χ2v) is 4.95. The van der Waals surface area contributed by atoms with E-state index >= 15 is 0 Å². The molecular formula is C14H22O5. The van der Waals surface area contributed by atoms with Gasteiger partial charge in [-0.1, -0.05) is 12.2 Å². The van der Waals surface area contributed by atoms with E-state index < -0.39 is 12.2 Å². The lowest BCUT2D eigenvalue weighted by atomic mass is 10.2. The van der Waals surface area contributed by atoms with Crippen molar-refractivity contribution in [1.29, 1.82) is 0 Å². The molecule has 5 nitrogen and oxygen atoms in total. The van der Waals surface area contributed by atoms with Gasteiger partial charge in [-0.25, -0.2) is 0 Å². The SMILES string of the molecule is OC(COC1C=CCC1)CC(O)COC1C=COC1. The van der Waals surface area contributed by atoms with Crippen molar-refractivity contribution in [1.82, 2.24) is 0 Å². The van der Waals surface area contributed by atoms with Crippen molar-refractivity contribution in [2.45, 2.75) is 43.7 Å². The molecule has 108 valence electrons. The van der Waals surface area contributed by atoms with Gasteiger partial charge in [0.2, 0.25) is 0 Å². The smallest absolute Gasteiger partial charge is 0.117 e. The highest BCUT2D eigenvalue weighted by molar-refractivity contribution is 4.97. The van der Waals surface area contributed by atoms with Crippen LogP contribution in [0.25, 0.3) is 0 Å². The quantitative estimate of drug-likeness (QED) is 0.637. The van der Waals surface area contributed by atoms with Crippen LogP contribution in [0, 0.1) is 0 Å². The summed E-state index contributed by atoms with van der Waals surface area (Å²) in [6.07, 6.45) is 8.43. The number of hydrogen-bond donors (Lipinski definition) is 2. The molecule has 19 heavy (non-hydrogen) atoms. The van der Waals surface area contributed by atoms with Crippen molar-refractivity contribution in [3.63, 3.8) is 0 Å². The molecule has 4 unspecified atom stereocenters. The van der Waals surface area contributed by atoms with Gasteiger partial charge in [-0.15, -0.1) is 0 Å². The third-order valence-corrected chi connectivity index (χ3v) is 3.17. The normalized spacial score (nSPS) is 28.5. The molecule has 2 N–H and O–H groups in total. The van der Waals surface area contributed by atoms with Gasteiger partial charge in [0, 0.05) is 6.42 Å². The van der Waals surface area contributed by atoms with Gasteiger partial charge in [-0.3, -0.25) is 0 Å². The zero-order valence-electron chi connectivity index (χ0n) is 11.0. The van der Waals surface area contributed by atoms with E-state index in [1.807, 2.05) is 6.08 Å². The van der Waals surface area contributed by atoms with Crippen molar-refractivity contribution >= 4 is 0 Å². The van der Waals surface area contributed by atoms with E-state index in [1.165, 1.54) is 0 Å². The molecule has 5 heteroatoms. The van der Waals surface area contributed by atoms with Gasteiger partial charge in [0.15, 0.2) is 0 Å². The first-order valence-electron chi connectivity index (χ1n) is 6.78. The molecule has 1 aliphatic carbocycles. The summed E-state index contributed by atoms with van der Waals surface area (Å²) in [5.41, 5.74) is 0. The van der Waals surface area contributed by atoms with Crippen LogP contribution in [0.2, 0.25) is 0 Å². The third kappa shape index (κ3) is 5.32. The summed E-state index contributed by atoms with van der Waals surface area (Å²) in [7, 11) is 0. The van der Waals surface area contributed by atoms with Gasteiger partial charge >= 0.3 is 0 Å². The van der Waals surface area contributed by atoms with Gasteiger partial charge in [0.05, 0.1) is 37.8 Å². The van der Waals surface area contributed by atoms with Crippen molar-refractivity contribution in [2.24, 2.45) is 0 Å². The minimum atomic E-state index is -0.688. The van der Waals surface area contributed by atoms with E-state index in [4.69, 9.17) is 14.2 Å². The highest BCUT2D eigenvalue weighted by Gasteiger charge is 2.18. The molecule has 1 aliphatic heterocycles. The molecule has 0 spiro atoms. The molecule has 2 aliphatic rings. The lowest BCUT2D eigenvalue weighted by molar-refractivity contribution is -0.0432. The first kappa shape index (κ1) is 14.5. The van der Waals surface area contributed by atoms with E-state index in [-0.39, 0.29) is 31.8 Å². The second-order valence-electron chi connectivity index (χ2n) is 4.95. The van der Waals surface area contributed by atoms with E-state index in [0.29, 0.717) is 6.61 Å². The number of aliphatic hydroxyl groups is 2. The number of aliphatic hydroxyl groups excluding tert-OH is 2. The molecule has 0 radical (unpaired) electrons. The average molecular weight is 270 g/mol. The van der Waals surface area contributed by atoms with Gasteiger partial charge in [0.25, 0.3) is 0 Å². The van der Waals surface area contributed by atoms with Crippen LogP contribution in [-0.4, -0.2) is 54.4 Å². The predicted octanol–water partition coefficient (Wildman–Crippen LogP) is 0.763. The maximum atomic E-state index is 9.77. The van der Waals surface area contributed by atoms with Crippen molar-refractivity contribution in [2.75, 3.05) is 19.8 Å². The summed E-state index contributed by atoms with van der Waals surface area (Å²) in [4.78, 5) is 0. The van der Waals surface area contributed by atoms with Crippen molar-refractivity contribution in [3.05, 3.63) is 24.5 Å². The van der Waals surface area contributed by atoms with Crippen LogP contribution in [0.5, 0.6) is 0 Å². The Balaban J connectivity index is 1.54. The fourth-order valence-electron chi connectivity index (χ4n) is 2.12. The molecule has 1 heterocycles. The largest absolute Gasteiger partial charge is 0.498 e. The molecule has 0 fully saturated rings. The standard InChI is InChI=1S/C14H22O5/c15-11(8-18-13-3-1-2-4-13)7-12(16)9-19-14-5-6-17-10-14/h1,3,5-6,11-16H,2,4,7-10H2. The number of hydrogen-bond acceptors (Lipinski definition) is 5. The molecule has 2 rings (SSSR count). The maximum absolute atomic E-state index is 9.77. The first-order valence-corrected chi connectivity index (χ1v) is 6.78. The number of ether oxygens (including phenoxy) is 3. The summed E-state index contributed by atoms with van der Waals surface area (Å²) in [5.74, 6) is 0. The number of allylic oxidation sites excluding steroid dienone is 1. The fourth-order valence-corrected chi connectivity index (χ4v) is 2.12. The van der Waals surface area contributed by atoms with Gasteiger partial charge in [-0.05, 0) is 18.9 Å². The average Bonchev–Trinajstić information content (AvgIpc) is 3.07. The van der Waals surface area contributed by atoms with Gasteiger partial charge < -0.3 is 24.4 Å². The Morgan fingerprint density at radius 2 is 1.84 bits per heavy atom. The van der Waals surface area contributed by atoms with E-state index in [1.54, 1.807) is 12.3 Å². The second kappa shape index (κ2) is 7.65. The molecule has 0 saturated carbocycles. The first-order chi connectivity index (χ1) is 9.24. The Hall–Kier alpha value is -0.880. The van der Waals surface area contributed by atoms with Crippen LogP contribution in [0.4, 0.5) is 0 Å². The van der Waals surface area contributed by atoms with Crippen molar-refractivity contribution < 1.29 is 24.4 Å². The molecular weight excluding hydrogens is 248 g/mol. The Morgan fingerprint density at radius 3 is 2.42 bits per heavy atom. The maximum Gasteiger partial charge on any atom is 0.117 e. The van der Waals surface area contributed by atoms with E-state index in [2.05, 4.69) is 6.08 Å². The zero-order chi connectivity index (χ0) is 13.5.